The van der Waals surface area contributed by atoms with E-state index >= 15 is 0 Å². The average Bonchev–Trinajstić information content (AvgIpc) is 2.64. The molecular weight excluding hydrogens is 348 g/mol. The summed E-state index contributed by atoms with van der Waals surface area (Å²) in [6.45, 7) is 5.57. The summed E-state index contributed by atoms with van der Waals surface area (Å²) in [5.41, 5.74) is 1.33. The van der Waals surface area contributed by atoms with Crippen molar-refractivity contribution in [3.05, 3.63) is 33.3 Å². The molecule has 1 aliphatic rings. The first-order valence-corrected chi connectivity index (χ1v) is 9.16. The van der Waals surface area contributed by atoms with Crippen LogP contribution in [0.4, 0.5) is 0 Å². The van der Waals surface area contributed by atoms with Crippen LogP contribution in [-0.2, 0) is 0 Å². The van der Waals surface area contributed by atoms with Crippen molar-refractivity contribution in [3.8, 4) is 0 Å². The molecule has 1 aliphatic heterocycles. The van der Waals surface area contributed by atoms with Gasteiger partial charge in [-0.1, -0.05) is 40.9 Å². The van der Waals surface area contributed by atoms with Crippen molar-refractivity contribution in [1.29, 1.82) is 0 Å². The van der Waals surface area contributed by atoms with Crippen molar-refractivity contribution < 1.29 is 0 Å². The number of hydrogen-bond acceptors (Lipinski definition) is 2. The minimum absolute atomic E-state index is 0.435. The quantitative estimate of drug-likeness (QED) is 0.740. The Balaban J connectivity index is 2.25. The highest BCUT2D eigenvalue weighted by molar-refractivity contribution is 9.10. The summed E-state index contributed by atoms with van der Waals surface area (Å²) in [5, 5.41) is 4.44. The zero-order chi connectivity index (χ0) is 15.2. The second kappa shape index (κ2) is 8.52. The molecule has 2 atom stereocenters. The number of halogens is 2. The van der Waals surface area contributed by atoms with Gasteiger partial charge in [-0.2, -0.15) is 0 Å². The molecule has 0 bridgehead atoms. The summed E-state index contributed by atoms with van der Waals surface area (Å²) in [4.78, 5) is 2.50. The van der Waals surface area contributed by atoms with E-state index in [2.05, 4.69) is 52.3 Å². The van der Waals surface area contributed by atoms with E-state index in [1.54, 1.807) is 0 Å². The molecule has 21 heavy (non-hydrogen) atoms. The normalized spacial score (nSPS) is 24.0. The molecule has 2 unspecified atom stereocenters. The second-order valence-electron chi connectivity index (χ2n) is 6.05. The van der Waals surface area contributed by atoms with E-state index in [9.17, 15) is 0 Å². The van der Waals surface area contributed by atoms with Gasteiger partial charge in [0.1, 0.15) is 0 Å². The van der Waals surface area contributed by atoms with Gasteiger partial charge in [-0.25, -0.2) is 0 Å². The lowest BCUT2D eigenvalue weighted by Crippen LogP contribution is -2.35. The Labute approximate surface area is 142 Å². The minimum atomic E-state index is 0.435. The Morgan fingerprint density at radius 1 is 1.38 bits per heavy atom. The van der Waals surface area contributed by atoms with Crippen molar-refractivity contribution in [2.24, 2.45) is 5.92 Å². The molecule has 4 heteroatoms. The molecule has 1 saturated heterocycles. The summed E-state index contributed by atoms with van der Waals surface area (Å²) in [5.74, 6) is 0.638. The van der Waals surface area contributed by atoms with E-state index in [0.717, 1.165) is 24.7 Å². The van der Waals surface area contributed by atoms with Crippen molar-refractivity contribution in [3.63, 3.8) is 0 Å². The first kappa shape index (κ1) is 17.3. The van der Waals surface area contributed by atoms with E-state index in [4.69, 9.17) is 11.6 Å². The Morgan fingerprint density at radius 3 is 2.95 bits per heavy atom. The Bertz CT molecular complexity index is 452. The van der Waals surface area contributed by atoms with Crippen LogP contribution >= 0.6 is 27.5 Å². The van der Waals surface area contributed by atoms with Gasteiger partial charge < -0.3 is 5.32 Å². The van der Waals surface area contributed by atoms with Gasteiger partial charge in [-0.05, 0) is 75.6 Å². The highest BCUT2D eigenvalue weighted by Gasteiger charge is 2.30. The van der Waals surface area contributed by atoms with Gasteiger partial charge >= 0.3 is 0 Å². The van der Waals surface area contributed by atoms with E-state index in [1.165, 1.54) is 35.7 Å². The third-order valence-electron chi connectivity index (χ3n) is 4.37. The summed E-state index contributed by atoms with van der Waals surface area (Å²) >= 11 is 9.97. The van der Waals surface area contributed by atoms with Crippen LogP contribution in [0.3, 0.4) is 0 Å². The first-order valence-electron chi connectivity index (χ1n) is 7.99. The molecule has 0 radical (unpaired) electrons. The molecule has 0 spiro atoms. The van der Waals surface area contributed by atoms with Crippen molar-refractivity contribution in [1.82, 2.24) is 10.2 Å². The molecule has 1 heterocycles. The molecule has 0 aromatic heterocycles. The number of hydrogen-bond donors (Lipinski definition) is 1. The maximum absolute atomic E-state index is 6.24. The molecule has 1 aromatic carbocycles. The lowest BCUT2D eigenvalue weighted by molar-refractivity contribution is 0.188. The molecule has 0 saturated carbocycles. The van der Waals surface area contributed by atoms with Crippen molar-refractivity contribution in [2.45, 2.75) is 38.6 Å². The average molecular weight is 374 g/mol. The van der Waals surface area contributed by atoms with Crippen LogP contribution < -0.4 is 5.32 Å². The number of nitrogens with zero attached hydrogens (tertiary/aromatic N) is 1. The number of rotatable bonds is 5. The maximum atomic E-state index is 6.24. The molecule has 118 valence electrons. The van der Waals surface area contributed by atoms with E-state index in [1.807, 2.05) is 6.07 Å². The van der Waals surface area contributed by atoms with E-state index in [0.29, 0.717) is 12.0 Å². The van der Waals surface area contributed by atoms with Crippen LogP contribution in [0.15, 0.2) is 22.7 Å². The van der Waals surface area contributed by atoms with Crippen molar-refractivity contribution >= 4 is 27.5 Å². The molecule has 2 rings (SSSR count). The van der Waals surface area contributed by atoms with Crippen LogP contribution in [-0.4, -0.2) is 31.6 Å². The Kier molecular flexibility index (Phi) is 7.00. The molecule has 0 aliphatic carbocycles. The van der Waals surface area contributed by atoms with Crippen LogP contribution in [0.1, 0.15) is 44.2 Å². The van der Waals surface area contributed by atoms with Crippen LogP contribution in [0.2, 0.25) is 5.02 Å². The SMILES string of the molecule is CCCNCC1CCCCN(C)C1c1cc(Cl)ccc1Br. The monoisotopic (exact) mass is 372 g/mol. The molecule has 1 N–H and O–H groups in total. The van der Waals surface area contributed by atoms with Gasteiger partial charge in [-0.15, -0.1) is 0 Å². The van der Waals surface area contributed by atoms with Gasteiger partial charge in [0.2, 0.25) is 0 Å². The highest BCUT2D eigenvalue weighted by Crippen LogP contribution is 2.38. The molecule has 0 amide bonds. The fourth-order valence-electron chi connectivity index (χ4n) is 3.34. The van der Waals surface area contributed by atoms with E-state index in [-0.39, 0.29) is 0 Å². The molecular formula is C17H26BrClN2. The summed E-state index contributed by atoms with van der Waals surface area (Å²) in [6.07, 6.45) is 5.08. The van der Waals surface area contributed by atoms with Gasteiger partial charge in [0.15, 0.2) is 0 Å². The van der Waals surface area contributed by atoms with Crippen LogP contribution in [0, 0.1) is 5.92 Å². The third-order valence-corrected chi connectivity index (χ3v) is 5.32. The molecule has 1 fully saturated rings. The van der Waals surface area contributed by atoms with Gasteiger partial charge in [0.25, 0.3) is 0 Å². The van der Waals surface area contributed by atoms with E-state index < -0.39 is 0 Å². The fourth-order valence-corrected chi connectivity index (χ4v) is 4.00. The molecule has 1 aromatic rings. The third kappa shape index (κ3) is 4.69. The van der Waals surface area contributed by atoms with Crippen LogP contribution in [0.25, 0.3) is 0 Å². The number of likely N-dealkylation sites (tertiary alicyclic amines) is 1. The summed E-state index contributed by atoms with van der Waals surface area (Å²) in [7, 11) is 2.25. The predicted octanol–water partition coefficient (Wildman–Crippen LogP) is 4.88. The smallest absolute Gasteiger partial charge is 0.0410 e. The Hall–Kier alpha value is -0.0900. The number of nitrogens with one attached hydrogen (secondary N) is 1. The highest BCUT2D eigenvalue weighted by atomic mass is 79.9. The first-order chi connectivity index (χ1) is 10.1. The minimum Gasteiger partial charge on any atom is -0.316 e. The van der Waals surface area contributed by atoms with Gasteiger partial charge in [0.05, 0.1) is 0 Å². The summed E-state index contributed by atoms with van der Waals surface area (Å²) < 4.78 is 1.17. The Morgan fingerprint density at radius 2 is 2.19 bits per heavy atom. The standard InChI is InChI=1S/C17H26BrClN2/c1-3-9-20-12-13-6-4-5-10-21(2)17(13)15-11-14(19)7-8-16(15)18/h7-8,11,13,17,20H,3-6,9-10,12H2,1-2H3. The van der Waals surface area contributed by atoms with Crippen molar-refractivity contribution in [2.75, 3.05) is 26.7 Å². The second-order valence-corrected chi connectivity index (χ2v) is 7.34. The van der Waals surface area contributed by atoms with Crippen LogP contribution in [0.5, 0.6) is 0 Å². The summed E-state index contributed by atoms with van der Waals surface area (Å²) in [6, 6.07) is 6.60. The maximum Gasteiger partial charge on any atom is 0.0410 e. The zero-order valence-corrected chi connectivity index (χ0v) is 15.4. The predicted molar refractivity (Wildman–Crippen MR) is 95.0 cm³/mol. The fraction of sp³-hybridized carbons (Fsp3) is 0.647. The van der Waals surface area contributed by atoms with Gasteiger partial charge in [0, 0.05) is 15.5 Å². The lowest BCUT2D eigenvalue weighted by atomic mass is 9.89. The number of benzene rings is 1. The zero-order valence-electron chi connectivity index (χ0n) is 13.0. The largest absolute Gasteiger partial charge is 0.316 e. The topological polar surface area (TPSA) is 15.3 Å². The lowest BCUT2D eigenvalue weighted by Gasteiger charge is -2.34. The van der Waals surface area contributed by atoms with Gasteiger partial charge in [-0.3, -0.25) is 4.90 Å². The molecule has 2 nitrogen and oxygen atoms in total.